The van der Waals surface area contributed by atoms with E-state index in [1.165, 1.54) is 0 Å². The third-order valence-electron chi connectivity index (χ3n) is 6.99. The molecule has 1 aromatic carbocycles. The van der Waals surface area contributed by atoms with E-state index in [0.717, 1.165) is 59.5 Å². The predicted octanol–water partition coefficient (Wildman–Crippen LogP) is 4.67. The average Bonchev–Trinajstić information content (AvgIpc) is 3.58. The van der Waals surface area contributed by atoms with Crippen molar-refractivity contribution in [1.29, 1.82) is 0 Å². The van der Waals surface area contributed by atoms with Crippen LogP contribution in [0.5, 0.6) is 0 Å². The molecule has 186 valence electrons. The van der Waals surface area contributed by atoms with Gasteiger partial charge < -0.3 is 14.8 Å². The van der Waals surface area contributed by atoms with E-state index in [9.17, 15) is 9.59 Å². The molecule has 0 atom stereocenters. The standard InChI is InChI=1S/C28H31N5O2S/c1-2-32(16-12-22-7-5-6-13-29-22)28(35)25-19-36-27(31-25)20-10-14-33(15-11-20)26(34)17-21-18-30-24-9-4-3-8-23(21)24/h3-9,13,18-20,30H,2,10-12,14-17H2,1H3. The maximum atomic E-state index is 13.1. The molecular weight excluding hydrogens is 470 g/mol. The van der Waals surface area contributed by atoms with Crippen molar-refractivity contribution < 1.29 is 9.59 Å². The number of piperidine rings is 1. The second-order valence-electron chi connectivity index (χ2n) is 9.22. The summed E-state index contributed by atoms with van der Waals surface area (Å²) >= 11 is 1.56. The number of nitrogens with zero attached hydrogens (tertiary/aromatic N) is 4. The molecule has 4 heterocycles. The fraction of sp³-hybridized carbons (Fsp3) is 0.357. The molecule has 8 heteroatoms. The van der Waals surface area contributed by atoms with Gasteiger partial charge in [-0.15, -0.1) is 11.3 Å². The summed E-state index contributed by atoms with van der Waals surface area (Å²) < 4.78 is 0. The third kappa shape index (κ3) is 5.33. The molecule has 1 aliphatic heterocycles. The summed E-state index contributed by atoms with van der Waals surface area (Å²) in [6.07, 6.45) is 6.61. The first kappa shape index (κ1) is 24.2. The lowest BCUT2D eigenvalue weighted by molar-refractivity contribution is -0.131. The number of likely N-dealkylation sites (N-methyl/N-ethyl adjacent to an activating group) is 1. The van der Waals surface area contributed by atoms with Gasteiger partial charge in [0.25, 0.3) is 5.91 Å². The summed E-state index contributed by atoms with van der Waals surface area (Å²) in [6.45, 7) is 4.69. The van der Waals surface area contributed by atoms with Gasteiger partial charge in [0.05, 0.1) is 11.4 Å². The number of hydrogen-bond acceptors (Lipinski definition) is 5. The number of para-hydroxylation sites is 1. The highest BCUT2D eigenvalue weighted by Gasteiger charge is 2.27. The fourth-order valence-corrected chi connectivity index (χ4v) is 5.83. The van der Waals surface area contributed by atoms with Crippen LogP contribution in [0.25, 0.3) is 10.9 Å². The van der Waals surface area contributed by atoms with Crippen molar-refractivity contribution in [2.45, 2.75) is 38.5 Å². The van der Waals surface area contributed by atoms with Gasteiger partial charge >= 0.3 is 0 Å². The number of benzene rings is 1. The van der Waals surface area contributed by atoms with Crippen molar-refractivity contribution >= 4 is 34.1 Å². The number of carbonyl (C=O) groups is 2. The Labute approximate surface area is 215 Å². The van der Waals surface area contributed by atoms with Crippen molar-refractivity contribution in [3.8, 4) is 0 Å². The van der Waals surface area contributed by atoms with Crippen molar-refractivity contribution in [3.05, 3.63) is 82.2 Å². The molecule has 0 spiro atoms. The van der Waals surface area contributed by atoms with Gasteiger partial charge in [-0.1, -0.05) is 24.3 Å². The Morgan fingerprint density at radius 1 is 1.14 bits per heavy atom. The molecule has 0 unspecified atom stereocenters. The number of H-pyrrole nitrogens is 1. The van der Waals surface area contributed by atoms with Crippen LogP contribution in [0.15, 0.2) is 60.2 Å². The highest BCUT2D eigenvalue weighted by molar-refractivity contribution is 7.09. The second kappa shape index (κ2) is 11.0. The molecule has 0 aliphatic carbocycles. The Morgan fingerprint density at radius 3 is 2.72 bits per heavy atom. The molecule has 0 radical (unpaired) electrons. The number of hydrogen-bond donors (Lipinski definition) is 1. The number of rotatable bonds is 8. The maximum Gasteiger partial charge on any atom is 0.273 e. The van der Waals surface area contributed by atoms with Crippen LogP contribution in [-0.2, 0) is 17.6 Å². The molecule has 3 aromatic heterocycles. The number of nitrogens with one attached hydrogen (secondary N) is 1. The summed E-state index contributed by atoms with van der Waals surface area (Å²) in [5.74, 6) is 0.430. The third-order valence-corrected chi connectivity index (χ3v) is 7.99. The molecule has 2 amide bonds. The molecule has 0 saturated carbocycles. The van der Waals surface area contributed by atoms with Gasteiger partial charge in [-0.25, -0.2) is 4.98 Å². The Morgan fingerprint density at radius 2 is 1.94 bits per heavy atom. The summed E-state index contributed by atoms with van der Waals surface area (Å²) in [5.41, 5.74) is 3.61. The molecule has 1 aliphatic rings. The van der Waals surface area contributed by atoms with Gasteiger partial charge in [0.15, 0.2) is 0 Å². The molecular formula is C28H31N5O2S. The average molecular weight is 502 g/mol. The van der Waals surface area contributed by atoms with Gasteiger partial charge in [0, 0.05) is 72.9 Å². The maximum absolute atomic E-state index is 13.1. The quantitative estimate of drug-likeness (QED) is 0.380. The van der Waals surface area contributed by atoms with Crippen molar-refractivity contribution in [1.82, 2.24) is 24.8 Å². The van der Waals surface area contributed by atoms with Crippen LogP contribution in [0.3, 0.4) is 0 Å². The first-order valence-corrected chi connectivity index (χ1v) is 13.5. The minimum atomic E-state index is -0.0257. The van der Waals surface area contributed by atoms with E-state index in [1.54, 1.807) is 17.5 Å². The molecule has 4 aromatic rings. The fourth-order valence-electron chi connectivity index (χ4n) is 4.86. The van der Waals surface area contributed by atoms with Crippen molar-refractivity contribution in [2.75, 3.05) is 26.2 Å². The zero-order valence-electron chi connectivity index (χ0n) is 20.5. The summed E-state index contributed by atoms with van der Waals surface area (Å²) in [6, 6.07) is 13.9. The largest absolute Gasteiger partial charge is 0.361 e. The summed E-state index contributed by atoms with van der Waals surface area (Å²) in [7, 11) is 0. The number of fused-ring (bicyclic) bond motifs is 1. The monoisotopic (exact) mass is 501 g/mol. The minimum Gasteiger partial charge on any atom is -0.361 e. The van der Waals surface area contributed by atoms with E-state index < -0.39 is 0 Å². The van der Waals surface area contributed by atoms with E-state index in [2.05, 4.69) is 16.0 Å². The molecule has 36 heavy (non-hydrogen) atoms. The second-order valence-corrected chi connectivity index (χ2v) is 10.1. The Bertz CT molecular complexity index is 1320. The molecule has 0 bridgehead atoms. The first-order chi connectivity index (χ1) is 17.6. The topological polar surface area (TPSA) is 82.2 Å². The van der Waals surface area contributed by atoms with Crippen LogP contribution in [0, 0.1) is 0 Å². The lowest BCUT2D eigenvalue weighted by Gasteiger charge is -2.31. The number of amides is 2. The van der Waals surface area contributed by atoms with Gasteiger partial charge in [0.2, 0.25) is 5.91 Å². The number of aromatic amines is 1. The molecule has 5 rings (SSSR count). The zero-order valence-corrected chi connectivity index (χ0v) is 21.3. The lowest BCUT2D eigenvalue weighted by Crippen LogP contribution is -2.38. The zero-order chi connectivity index (χ0) is 24.9. The van der Waals surface area contributed by atoms with Crippen LogP contribution in [0.4, 0.5) is 0 Å². The Kier molecular flexibility index (Phi) is 7.41. The van der Waals surface area contributed by atoms with Crippen molar-refractivity contribution in [2.24, 2.45) is 0 Å². The normalized spacial score (nSPS) is 14.3. The molecule has 7 nitrogen and oxygen atoms in total. The molecule has 1 N–H and O–H groups in total. The van der Waals surface area contributed by atoms with Gasteiger partial charge in [0.1, 0.15) is 5.69 Å². The van der Waals surface area contributed by atoms with E-state index in [0.29, 0.717) is 25.2 Å². The van der Waals surface area contributed by atoms with Crippen LogP contribution in [0.2, 0.25) is 0 Å². The lowest BCUT2D eigenvalue weighted by atomic mass is 9.97. The van der Waals surface area contributed by atoms with Gasteiger partial charge in [-0.3, -0.25) is 14.6 Å². The minimum absolute atomic E-state index is 0.0257. The van der Waals surface area contributed by atoms with Crippen LogP contribution < -0.4 is 0 Å². The number of aromatic nitrogens is 3. The van der Waals surface area contributed by atoms with Crippen LogP contribution in [-0.4, -0.2) is 62.7 Å². The molecule has 1 saturated heterocycles. The SMILES string of the molecule is CCN(CCc1ccccn1)C(=O)c1csc(C2CCN(C(=O)Cc3c[nH]c4ccccc34)CC2)n1. The summed E-state index contributed by atoms with van der Waals surface area (Å²) in [4.78, 5) is 42.2. The van der Waals surface area contributed by atoms with E-state index in [-0.39, 0.29) is 17.7 Å². The Hall–Kier alpha value is -3.52. The van der Waals surface area contributed by atoms with Gasteiger partial charge in [-0.2, -0.15) is 0 Å². The van der Waals surface area contributed by atoms with E-state index >= 15 is 0 Å². The highest BCUT2D eigenvalue weighted by Crippen LogP contribution is 2.31. The Balaban J connectivity index is 1.15. The van der Waals surface area contributed by atoms with E-state index in [4.69, 9.17) is 4.98 Å². The number of pyridine rings is 1. The van der Waals surface area contributed by atoms with Crippen LogP contribution in [0.1, 0.15) is 52.4 Å². The molecule has 1 fully saturated rings. The first-order valence-electron chi connectivity index (χ1n) is 12.6. The smallest absolute Gasteiger partial charge is 0.273 e. The van der Waals surface area contributed by atoms with Crippen molar-refractivity contribution in [3.63, 3.8) is 0 Å². The number of thiazole rings is 1. The van der Waals surface area contributed by atoms with E-state index in [1.807, 2.05) is 64.7 Å². The number of carbonyl (C=O) groups excluding carboxylic acids is 2. The number of likely N-dealkylation sites (tertiary alicyclic amines) is 1. The summed E-state index contributed by atoms with van der Waals surface area (Å²) in [5, 5.41) is 4.00. The van der Waals surface area contributed by atoms with Crippen LogP contribution >= 0.6 is 11.3 Å². The predicted molar refractivity (Wildman–Crippen MR) is 142 cm³/mol. The highest BCUT2D eigenvalue weighted by atomic mass is 32.1. The van der Waals surface area contributed by atoms with Gasteiger partial charge in [-0.05, 0) is 43.5 Å².